The Morgan fingerprint density at radius 2 is 1.83 bits per heavy atom. The molecular formula is C18H23FN2O3. The first-order chi connectivity index (χ1) is 11.1. The van der Waals surface area contributed by atoms with Crippen LogP contribution in [0.1, 0.15) is 45.7 Å². The molecule has 24 heavy (non-hydrogen) atoms. The van der Waals surface area contributed by atoms with Gasteiger partial charge in [0.05, 0.1) is 11.5 Å². The van der Waals surface area contributed by atoms with Gasteiger partial charge in [-0.05, 0) is 37.5 Å². The fourth-order valence-corrected chi connectivity index (χ4v) is 2.78. The Morgan fingerprint density at radius 1 is 1.25 bits per heavy atom. The molecule has 1 fully saturated rings. The Balaban J connectivity index is 2.01. The lowest BCUT2D eigenvalue weighted by Crippen LogP contribution is -2.43. The number of halogens is 1. The number of carbonyl (C=O) groups is 3. The lowest BCUT2D eigenvalue weighted by molar-refractivity contribution is -0.145. The molecule has 0 saturated carbocycles. The summed E-state index contributed by atoms with van der Waals surface area (Å²) in [5, 5.41) is 2.73. The fraction of sp³-hybridized carbons (Fsp3) is 0.500. The first kappa shape index (κ1) is 18.1. The van der Waals surface area contributed by atoms with Crippen molar-refractivity contribution in [3.63, 3.8) is 0 Å². The molecule has 130 valence electrons. The van der Waals surface area contributed by atoms with Gasteiger partial charge in [0, 0.05) is 6.42 Å². The van der Waals surface area contributed by atoms with Gasteiger partial charge in [0.15, 0.2) is 0 Å². The van der Waals surface area contributed by atoms with E-state index in [4.69, 9.17) is 0 Å². The summed E-state index contributed by atoms with van der Waals surface area (Å²) in [4.78, 5) is 37.8. The van der Waals surface area contributed by atoms with Crippen molar-refractivity contribution in [2.75, 3.05) is 6.54 Å². The predicted molar refractivity (Wildman–Crippen MR) is 87.2 cm³/mol. The van der Waals surface area contributed by atoms with Crippen LogP contribution in [0.4, 0.5) is 4.39 Å². The van der Waals surface area contributed by atoms with Crippen molar-refractivity contribution in [2.45, 2.75) is 40.2 Å². The number of nitrogens with zero attached hydrogens (tertiary/aromatic N) is 1. The van der Waals surface area contributed by atoms with Crippen molar-refractivity contribution in [2.24, 2.45) is 11.3 Å². The van der Waals surface area contributed by atoms with E-state index in [1.165, 1.54) is 12.1 Å². The molecule has 1 aromatic rings. The van der Waals surface area contributed by atoms with E-state index in [1.54, 1.807) is 26.0 Å². The van der Waals surface area contributed by atoms with Crippen LogP contribution < -0.4 is 5.32 Å². The van der Waals surface area contributed by atoms with Gasteiger partial charge in [-0.2, -0.15) is 0 Å². The van der Waals surface area contributed by atoms with E-state index >= 15 is 0 Å². The molecule has 0 spiro atoms. The lowest BCUT2D eigenvalue weighted by atomic mass is 9.78. The van der Waals surface area contributed by atoms with Crippen LogP contribution in [0, 0.1) is 17.2 Å². The van der Waals surface area contributed by atoms with Gasteiger partial charge in [-0.3, -0.25) is 19.3 Å². The van der Waals surface area contributed by atoms with Gasteiger partial charge in [-0.1, -0.05) is 26.0 Å². The van der Waals surface area contributed by atoms with E-state index < -0.39 is 11.3 Å². The predicted octanol–water partition coefficient (Wildman–Crippen LogP) is 2.42. The van der Waals surface area contributed by atoms with E-state index in [-0.39, 0.29) is 42.6 Å². The average Bonchev–Trinajstić information content (AvgIpc) is 2.72. The molecule has 0 bridgehead atoms. The van der Waals surface area contributed by atoms with Crippen LogP contribution >= 0.6 is 0 Å². The molecule has 2 atom stereocenters. The highest BCUT2D eigenvalue weighted by Crippen LogP contribution is 2.39. The summed E-state index contributed by atoms with van der Waals surface area (Å²) in [6, 6.07) is 5.46. The zero-order chi connectivity index (χ0) is 18.1. The second-order valence-electron chi connectivity index (χ2n) is 6.87. The Morgan fingerprint density at radius 3 is 2.33 bits per heavy atom. The van der Waals surface area contributed by atoms with Crippen molar-refractivity contribution in [3.05, 3.63) is 35.6 Å². The third kappa shape index (κ3) is 3.47. The molecule has 1 aliphatic rings. The van der Waals surface area contributed by atoms with Crippen molar-refractivity contribution < 1.29 is 18.8 Å². The van der Waals surface area contributed by atoms with Gasteiger partial charge < -0.3 is 5.32 Å². The number of nitrogens with one attached hydrogen (secondary N) is 1. The van der Waals surface area contributed by atoms with Crippen LogP contribution in [0.3, 0.4) is 0 Å². The highest BCUT2D eigenvalue weighted by atomic mass is 19.1. The average molecular weight is 334 g/mol. The largest absolute Gasteiger partial charge is 0.348 e. The minimum Gasteiger partial charge on any atom is -0.348 e. The number of imide groups is 1. The van der Waals surface area contributed by atoms with E-state index in [1.807, 2.05) is 13.8 Å². The zero-order valence-electron chi connectivity index (χ0n) is 14.4. The molecule has 0 aromatic heterocycles. The summed E-state index contributed by atoms with van der Waals surface area (Å²) in [6.07, 6.45) is 0.129. The summed E-state index contributed by atoms with van der Waals surface area (Å²) >= 11 is 0. The van der Waals surface area contributed by atoms with Crippen LogP contribution in [-0.2, 0) is 14.4 Å². The van der Waals surface area contributed by atoms with Crippen molar-refractivity contribution >= 4 is 17.7 Å². The van der Waals surface area contributed by atoms with Crippen LogP contribution in [0.25, 0.3) is 0 Å². The van der Waals surface area contributed by atoms with Gasteiger partial charge in [-0.15, -0.1) is 0 Å². The Labute approximate surface area is 141 Å². The van der Waals surface area contributed by atoms with Crippen LogP contribution in [0.15, 0.2) is 24.3 Å². The lowest BCUT2D eigenvalue weighted by Gasteiger charge is -2.26. The SMILES string of the molecule is CC(C)[C@@]1(C)CC(=O)N(CC(=O)N[C@@H](C)c2ccc(F)cc2)C1=O. The fourth-order valence-electron chi connectivity index (χ4n) is 2.78. The highest BCUT2D eigenvalue weighted by Gasteiger charge is 2.50. The molecule has 1 N–H and O–H groups in total. The summed E-state index contributed by atoms with van der Waals surface area (Å²) in [5.74, 6) is -1.37. The third-order valence-corrected chi connectivity index (χ3v) is 4.88. The van der Waals surface area contributed by atoms with Gasteiger partial charge in [-0.25, -0.2) is 4.39 Å². The van der Waals surface area contributed by atoms with E-state index in [9.17, 15) is 18.8 Å². The number of hydrogen-bond donors (Lipinski definition) is 1. The Hall–Kier alpha value is -2.24. The Bertz CT molecular complexity index is 657. The molecule has 0 aliphatic carbocycles. The smallest absolute Gasteiger partial charge is 0.240 e. The minimum absolute atomic E-state index is 0.0140. The van der Waals surface area contributed by atoms with Crippen LogP contribution in [0.5, 0.6) is 0 Å². The topological polar surface area (TPSA) is 66.5 Å². The molecule has 2 rings (SSSR count). The molecule has 3 amide bonds. The summed E-state index contributed by atoms with van der Waals surface area (Å²) < 4.78 is 12.9. The molecule has 0 radical (unpaired) electrons. The third-order valence-electron chi connectivity index (χ3n) is 4.88. The van der Waals surface area contributed by atoms with Crippen molar-refractivity contribution in [3.8, 4) is 0 Å². The first-order valence-corrected chi connectivity index (χ1v) is 8.04. The van der Waals surface area contributed by atoms with Crippen molar-refractivity contribution in [1.82, 2.24) is 10.2 Å². The molecule has 0 unspecified atom stereocenters. The van der Waals surface area contributed by atoms with E-state index in [2.05, 4.69) is 5.32 Å². The van der Waals surface area contributed by atoms with E-state index in [0.717, 1.165) is 10.5 Å². The normalized spacial score (nSPS) is 22.2. The van der Waals surface area contributed by atoms with Crippen molar-refractivity contribution in [1.29, 1.82) is 0 Å². The molecule has 5 nitrogen and oxygen atoms in total. The first-order valence-electron chi connectivity index (χ1n) is 8.04. The highest BCUT2D eigenvalue weighted by molar-refractivity contribution is 6.07. The number of likely N-dealkylation sites (tertiary alicyclic amines) is 1. The summed E-state index contributed by atoms with van der Waals surface area (Å²) in [6.45, 7) is 7.02. The van der Waals surface area contributed by atoms with Gasteiger partial charge >= 0.3 is 0 Å². The van der Waals surface area contributed by atoms with Crippen LogP contribution in [0.2, 0.25) is 0 Å². The molecular weight excluding hydrogens is 311 g/mol. The van der Waals surface area contributed by atoms with E-state index in [0.29, 0.717) is 0 Å². The molecule has 1 aromatic carbocycles. The number of carbonyl (C=O) groups excluding carboxylic acids is 3. The maximum atomic E-state index is 12.9. The number of amides is 3. The van der Waals surface area contributed by atoms with Gasteiger partial charge in [0.1, 0.15) is 12.4 Å². The minimum atomic E-state index is -0.750. The second-order valence-corrected chi connectivity index (χ2v) is 6.87. The second kappa shape index (κ2) is 6.71. The molecule has 1 saturated heterocycles. The van der Waals surface area contributed by atoms with Crippen LogP contribution in [-0.4, -0.2) is 29.2 Å². The summed E-state index contributed by atoms with van der Waals surface area (Å²) in [7, 11) is 0. The van der Waals surface area contributed by atoms with Gasteiger partial charge in [0.2, 0.25) is 17.7 Å². The monoisotopic (exact) mass is 334 g/mol. The number of benzene rings is 1. The molecule has 1 aliphatic heterocycles. The zero-order valence-corrected chi connectivity index (χ0v) is 14.4. The standard InChI is InChI=1S/C18H23FN2O3/c1-11(2)18(4)9-16(23)21(17(18)24)10-15(22)20-12(3)13-5-7-14(19)8-6-13/h5-8,11-12H,9-10H2,1-4H3,(H,20,22)/t12-,18+/m0/s1. The quantitative estimate of drug-likeness (QED) is 0.841. The summed E-state index contributed by atoms with van der Waals surface area (Å²) in [5.41, 5.74) is -0.00391. The molecule has 1 heterocycles. The maximum absolute atomic E-state index is 12.9. The number of rotatable bonds is 5. The van der Waals surface area contributed by atoms with Gasteiger partial charge in [0.25, 0.3) is 0 Å². The number of hydrogen-bond acceptors (Lipinski definition) is 3. The Kier molecular flexibility index (Phi) is 5.06. The molecule has 6 heteroatoms. The maximum Gasteiger partial charge on any atom is 0.240 e.